The second-order valence-corrected chi connectivity index (χ2v) is 4.06. The van der Waals surface area contributed by atoms with Crippen LogP contribution >= 0.6 is 0 Å². The lowest BCUT2D eigenvalue weighted by Gasteiger charge is -2.11. The second-order valence-electron chi connectivity index (χ2n) is 4.06. The minimum absolute atomic E-state index is 0.106. The molecule has 0 saturated carbocycles. The van der Waals surface area contributed by atoms with Crippen molar-refractivity contribution in [2.24, 2.45) is 0 Å². The van der Waals surface area contributed by atoms with Gasteiger partial charge in [0.15, 0.2) is 0 Å². The molecule has 20 heavy (non-hydrogen) atoms. The molecule has 0 spiro atoms. The highest BCUT2D eigenvalue weighted by Crippen LogP contribution is 2.33. The van der Waals surface area contributed by atoms with E-state index in [1.165, 1.54) is 18.6 Å². The molecule has 1 aromatic heterocycles. The van der Waals surface area contributed by atoms with Crippen molar-refractivity contribution in [3.8, 4) is 0 Å². The number of aromatic amines is 1. The highest BCUT2D eigenvalue weighted by molar-refractivity contribution is 5.94. The largest absolute Gasteiger partial charge is 0.418 e. The van der Waals surface area contributed by atoms with Gasteiger partial charge in [-0.3, -0.25) is 4.79 Å². The minimum Gasteiger partial charge on any atom is -0.398 e. The molecule has 4 N–H and O–H groups in total. The van der Waals surface area contributed by atoms with Crippen LogP contribution in [0.5, 0.6) is 0 Å². The highest BCUT2D eigenvalue weighted by Gasteiger charge is 2.33. The van der Waals surface area contributed by atoms with E-state index in [4.69, 9.17) is 5.73 Å². The molecule has 2 rings (SSSR count). The van der Waals surface area contributed by atoms with Gasteiger partial charge in [0.1, 0.15) is 0 Å². The van der Waals surface area contributed by atoms with Crippen molar-refractivity contribution in [1.82, 2.24) is 15.3 Å². The number of hydrogen-bond acceptors (Lipinski definition) is 3. The fourth-order valence-corrected chi connectivity index (χ4v) is 1.60. The highest BCUT2D eigenvalue weighted by atomic mass is 19.4. The van der Waals surface area contributed by atoms with Gasteiger partial charge in [0.05, 0.1) is 24.1 Å². The zero-order valence-electron chi connectivity index (χ0n) is 10.2. The van der Waals surface area contributed by atoms with E-state index in [0.717, 1.165) is 12.1 Å². The first-order valence-electron chi connectivity index (χ1n) is 5.60. The number of amides is 1. The maximum Gasteiger partial charge on any atom is 0.418 e. The molecule has 1 amide bonds. The maximum absolute atomic E-state index is 12.7. The van der Waals surface area contributed by atoms with Gasteiger partial charge < -0.3 is 16.0 Å². The zero-order valence-corrected chi connectivity index (χ0v) is 10.2. The van der Waals surface area contributed by atoms with Crippen LogP contribution < -0.4 is 11.1 Å². The van der Waals surface area contributed by atoms with Crippen molar-refractivity contribution in [3.63, 3.8) is 0 Å². The fourth-order valence-electron chi connectivity index (χ4n) is 1.60. The second kappa shape index (κ2) is 5.24. The monoisotopic (exact) mass is 284 g/mol. The summed E-state index contributed by atoms with van der Waals surface area (Å²) in [6, 6.07) is 3.04. The molecule has 0 radical (unpaired) electrons. The zero-order chi connectivity index (χ0) is 14.8. The Labute approximate surface area is 112 Å². The third-order valence-corrected chi connectivity index (χ3v) is 2.62. The Morgan fingerprint density at radius 2 is 2.15 bits per heavy atom. The van der Waals surface area contributed by atoms with Gasteiger partial charge in [-0.25, -0.2) is 4.98 Å². The summed E-state index contributed by atoms with van der Waals surface area (Å²) in [5.41, 5.74) is 4.36. The molecular weight excluding hydrogens is 273 g/mol. The third kappa shape index (κ3) is 3.08. The summed E-state index contributed by atoms with van der Waals surface area (Å²) >= 11 is 0. The van der Waals surface area contributed by atoms with Gasteiger partial charge in [-0.1, -0.05) is 0 Å². The van der Waals surface area contributed by atoms with E-state index in [-0.39, 0.29) is 12.1 Å². The number of nitrogens with one attached hydrogen (secondary N) is 2. The molecule has 0 unspecified atom stereocenters. The Morgan fingerprint density at radius 3 is 2.75 bits per heavy atom. The van der Waals surface area contributed by atoms with E-state index >= 15 is 0 Å². The van der Waals surface area contributed by atoms with Gasteiger partial charge in [0.25, 0.3) is 5.91 Å². The van der Waals surface area contributed by atoms with Gasteiger partial charge in [0.2, 0.25) is 0 Å². The summed E-state index contributed by atoms with van der Waals surface area (Å²) < 4.78 is 38.0. The number of hydrogen-bond donors (Lipinski definition) is 3. The third-order valence-electron chi connectivity index (χ3n) is 2.62. The number of carbonyl (C=O) groups is 1. The molecule has 0 aliphatic carbocycles. The molecule has 0 bridgehead atoms. The first kappa shape index (κ1) is 13.9. The predicted molar refractivity (Wildman–Crippen MR) is 65.6 cm³/mol. The molecule has 0 saturated heterocycles. The fraction of sp³-hybridized carbons (Fsp3) is 0.167. The van der Waals surface area contributed by atoms with Crippen LogP contribution in [-0.4, -0.2) is 15.9 Å². The number of halogens is 3. The Balaban J connectivity index is 2.14. The van der Waals surface area contributed by atoms with E-state index in [2.05, 4.69) is 15.3 Å². The Morgan fingerprint density at radius 1 is 1.40 bits per heavy atom. The van der Waals surface area contributed by atoms with E-state index in [9.17, 15) is 18.0 Å². The molecule has 0 aliphatic heterocycles. The van der Waals surface area contributed by atoms with Crippen LogP contribution in [-0.2, 0) is 12.7 Å². The molecule has 5 nitrogen and oxygen atoms in total. The molecule has 106 valence electrons. The topological polar surface area (TPSA) is 83.8 Å². The lowest BCUT2D eigenvalue weighted by Crippen LogP contribution is -2.23. The Hall–Kier alpha value is -2.51. The Kier molecular flexibility index (Phi) is 3.64. The summed E-state index contributed by atoms with van der Waals surface area (Å²) in [4.78, 5) is 18.3. The normalized spacial score (nSPS) is 11.3. The SMILES string of the molecule is Nc1ccc(C(=O)NCc2cnc[nH]2)cc1C(F)(F)F. The molecule has 2 aromatic rings. The minimum atomic E-state index is -4.59. The molecule has 1 heterocycles. The van der Waals surface area contributed by atoms with Crippen LogP contribution in [0.3, 0.4) is 0 Å². The van der Waals surface area contributed by atoms with Crippen LogP contribution in [0.4, 0.5) is 18.9 Å². The molecule has 8 heteroatoms. The van der Waals surface area contributed by atoms with Gasteiger partial charge >= 0.3 is 6.18 Å². The number of nitrogens with two attached hydrogens (primary N) is 1. The average Bonchev–Trinajstić information content (AvgIpc) is 2.88. The van der Waals surface area contributed by atoms with Crippen molar-refractivity contribution in [2.45, 2.75) is 12.7 Å². The average molecular weight is 284 g/mol. The first-order valence-corrected chi connectivity index (χ1v) is 5.60. The summed E-state index contributed by atoms with van der Waals surface area (Å²) in [7, 11) is 0. The van der Waals surface area contributed by atoms with E-state index in [1.54, 1.807) is 0 Å². The molecule has 0 fully saturated rings. The standard InChI is InChI=1S/C12H11F3N4O/c13-12(14,15)9-3-7(1-2-10(9)16)11(20)18-5-8-4-17-6-19-8/h1-4,6H,5,16H2,(H,17,19)(H,18,20). The van der Waals surface area contributed by atoms with Crippen LogP contribution in [0.1, 0.15) is 21.6 Å². The predicted octanol–water partition coefficient (Wildman–Crippen LogP) is 1.94. The number of alkyl halides is 3. The number of nitrogen functional groups attached to an aromatic ring is 1. The number of imidazole rings is 1. The number of aromatic nitrogens is 2. The number of benzene rings is 1. The quantitative estimate of drug-likeness (QED) is 0.753. The van der Waals surface area contributed by atoms with Crippen LogP contribution in [0.15, 0.2) is 30.7 Å². The molecule has 0 aliphatic rings. The summed E-state index contributed by atoms with van der Waals surface area (Å²) in [5.74, 6) is -0.620. The van der Waals surface area contributed by atoms with Gasteiger partial charge in [-0.05, 0) is 18.2 Å². The first-order chi connectivity index (χ1) is 9.38. The van der Waals surface area contributed by atoms with E-state index in [1.807, 2.05) is 0 Å². The molecule has 1 aromatic carbocycles. The number of carbonyl (C=O) groups excluding carboxylic acids is 1. The van der Waals surface area contributed by atoms with Gasteiger partial charge in [0, 0.05) is 17.4 Å². The summed E-state index contributed by atoms with van der Waals surface area (Å²) in [5, 5.41) is 2.48. The lowest BCUT2D eigenvalue weighted by molar-refractivity contribution is -0.136. The number of H-pyrrole nitrogens is 1. The van der Waals surface area contributed by atoms with E-state index < -0.39 is 23.3 Å². The summed E-state index contributed by atoms with van der Waals surface area (Å²) in [6.45, 7) is 0.143. The van der Waals surface area contributed by atoms with E-state index in [0.29, 0.717) is 5.69 Å². The number of anilines is 1. The van der Waals surface area contributed by atoms with Crippen molar-refractivity contribution in [1.29, 1.82) is 0 Å². The Bertz CT molecular complexity index is 608. The van der Waals surface area contributed by atoms with Gasteiger partial charge in [-0.15, -0.1) is 0 Å². The van der Waals surface area contributed by atoms with Crippen molar-refractivity contribution < 1.29 is 18.0 Å². The molecular formula is C12H11F3N4O. The van der Waals surface area contributed by atoms with Crippen LogP contribution in [0.2, 0.25) is 0 Å². The van der Waals surface area contributed by atoms with Crippen molar-refractivity contribution in [2.75, 3.05) is 5.73 Å². The molecule has 0 atom stereocenters. The van der Waals surface area contributed by atoms with Crippen molar-refractivity contribution in [3.05, 3.63) is 47.5 Å². The maximum atomic E-state index is 12.7. The van der Waals surface area contributed by atoms with Crippen LogP contribution in [0.25, 0.3) is 0 Å². The van der Waals surface area contributed by atoms with Crippen LogP contribution in [0, 0.1) is 0 Å². The van der Waals surface area contributed by atoms with Gasteiger partial charge in [-0.2, -0.15) is 13.2 Å². The number of rotatable bonds is 3. The number of nitrogens with zero attached hydrogens (tertiary/aromatic N) is 1. The summed E-state index contributed by atoms with van der Waals surface area (Å²) in [6.07, 6.45) is -1.65. The van der Waals surface area contributed by atoms with Crippen molar-refractivity contribution >= 4 is 11.6 Å². The lowest BCUT2D eigenvalue weighted by atomic mass is 10.1. The smallest absolute Gasteiger partial charge is 0.398 e.